The second-order valence-corrected chi connectivity index (χ2v) is 10.2. The second kappa shape index (κ2) is 9.24. The van der Waals surface area contributed by atoms with Crippen molar-refractivity contribution in [3.8, 4) is 11.5 Å². The minimum atomic E-state index is -0.558. The lowest BCUT2D eigenvalue weighted by atomic mass is 10.0. The van der Waals surface area contributed by atoms with Gasteiger partial charge >= 0.3 is 0 Å². The van der Waals surface area contributed by atoms with Gasteiger partial charge < -0.3 is 19.7 Å². The van der Waals surface area contributed by atoms with Crippen molar-refractivity contribution in [3.63, 3.8) is 0 Å². The standard InChI is InChI=1S/C24H25BrClFN4O2/c1-31-9-14-5-13(6-15(14)10-31)11-33-21-8-19-16(7-20(21)32-2)24(29-12-28-19)30-18-4-3-17(25)22(26)23(18)27/h3-4,7-8,12-15H,5-6,9-11H2,1-2H3,(H,28,29,30)/t13?,14-,15?/m1/s1. The number of hydrogen-bond acceptors (Lipinski definition) is 6. The molecule has 0 bridgehead atoms. The van der Waals surface area contributed by atoms with Gasteiger partial charge in [-0.25, -0.2) is 14.4 Å². The molecule has 9 heteroatoms. The molecular weight excluding hydrogens is 511 g/mol. The van der Waals surface area contributed by atoms with E-state index in [2.05, 4.69) is 43.2 Å². The average Bonchev–Trinajstić information content (AvgIpc) is 3.34. The number of rotatable bonds is 6. The zero-order valence-electron chi connectivity index (χ0n) is 18.4. The van der Waals surface area contributed by atoms with Crippen LogP contribution in [0.1, 0.15) is 12.8 Å². The van der Waals surface area contributed by atoms with E-state index in [9.17, 15) is 4.39 Å². The van der Waals surface area contributed by atoms with Crippen LogP contribution in [0.3, 0.4) is 0 Å². The number of benzene rings is 2. The number of halogens is 3. The van der Waals surface area contributed by atoms with Crippen molar-refractivity contribution in [2.24, 2.45) is 17.8 Å². The van der Waals surface area contributed by atoms with E-state index in [1.807, 2.05) is 12.1 Å². The topological polar surface area (TPSA) is 59.5 Å². The molecule has 3 aromatic rings. The predicted octanol–water partition coefficient (Wildman–Crippen LogP) is 5.90. The Morgan fingerprint density at radius 1 is 1.18 bits per heavy atom. The molecule has 3 atom stereocenters. The molecule has 174 valence electrons. The molecule has 2 aliphatic rings. The number of nitrogens with one attached hydrogen (secondary N) is 1. The Balaban J connectivity index is 1.37. The SMILES string of the molecule is COc1cc2c(Nc3ccc(Br)c(Cl)c3F)ncnc2cc1OCC1CC2CN(C)C[C@H]2C1. The molecular formula is C24H25BrClFN4O2. The smallest absolute Gasteiger partial charge is 0.166 e. The molecule has 6 nitrogen and oxygen atoms in total. The highest BCUT2D eigenvalue weighted by atomic mass is 79.9. The van der Waals surface area contributed by atoms with Crippen molar-refractivity contribution in [3.05, 3.63) is 45.9 Å². The van der Waals surface area contributed by atoms with Gasteiger partial charge in [-0.05, 0) is 71.8 Å². The summed E-state index contributed by atoms with van der Waals surface area (Å²) in [6.07, 6.45) is 3.86. The van der Waals surface area contributed by atoms with Crippen LogP contribution < -0.4 is 14.8 Å². The van der Waals surface area contributed by atoms with E-state index in [-0.39, 0.29) is 10.7 Å². The first kappa shape index (κ1) is 22.6. The summed E-state index contributed by atoms with van der Waals surface area (Å²) in [5, 5.41) is 3.73. The van der Waals surface area contributed by atoms with E-state index in [4.69, 9.17) is 21.1 Å². The monoisotopic (exact) mass is 534 g/mol. The van der Waals surface area contributed by atoms with E-state index < -0.39 is 5.82 Å². The highest BCUT2D eigenvalue weighted by molar-refractivity contribution is 9.10. The van der Waals surface area contributed by atoms with Crippen molar-refractivity contribution in [1.82, 2.24) is 14.9 Å². The van der Waals surface area contributed by atoms with E-state index in [0.717, 1.165) is 11.8 Å². The zero-order chi connectivity index (χ0) is 23.1. The molecule has 1 aliphatic heterocycles. The van der Waals surface area contributed by atoms with Crippen molar-refractivity contribution < 1.29 is 13.9 Å². The lowest BCUT2D eigenvalue weighted by molar-refractivity contribution is 0.227. The Bertz CT molecular complexity index is 1180. The third-order valence-electron chi connectivity index (χ3n) is 6.71. The fourth-order valence-corrected chi connectivity index (χ4v) is 5.66. The number of anilines is 2. The van der Waals surface area contributed by atoms with Gasteiger partial charge in [0.25, 0.3) is 0 Å². The lowest BCUT2D eigenvalue weighted by Gasteiger charge is -2.17. The molecule has 1 N–H and O–H groups in total. The van der Waals surface area contributed by atoms with Gasteiger partial charge in [0.2, 0.25) is 0 Å². The molecule has 5 rings (SSSR count). The lowest BCUT2D eigenvalue weighted by Crippen LogP contribution is -2.18. The van der Waals surface area contributed by atoms with Crippen LogP contribution in [0.15, 0.2) is 35.1 Å². The fourth-order valence-electron chi connectivity index (χ4n) is 5.19. The Hall–Kier alpha value is -2.16. The van der Waals surface area contributed by atoms with Gasteiger partial charge in [-0.3, -0.25) is 0 Å². The number of methoxy groups -OCH3 is 1. The minimum Gasteiger partial charge on any atom is -0.493 e. The van der Waals surface area contributed by atoms with E-state index in [1.54, 1.807) is 19.2 Å². The predicted molar refractivity (Wildman–Crippen MR) is 131 cm³/mol. The van der Waals surface area contributed by atoms with Crippen LogP contribution in [-0.2, 0) is 0 Å². The molecule has 1 saturated heterocycles. The van der Waals surface area contributed by atoms with Crippen LogP contribution in [-0.4, -0.2) is 48.7 Å². The van der Waals surface area contributed by atoms with E-state index >= 15 is 0 Å². The summed E-state index contributed by atoms with van der Waals surface area (Å²) in [6, 6.07) is 6.96. The maximum atomic E-state index is 14.6. The van der Waals surface area contributed by atoms with Gasteiger partial charge in [-0.2, -0.15) is 0 Å². The first-order valence-electron chi connectivity index (χ1n) is 11.0. The molecule has 2 aromatic carbocycles. The fraction of sp³-hybridized carbons (Fsp3) is 0.417. The summed E-state index contributed by atoms with van der Waals surface area (Å²) in [6.45, 7) is 3.05. The number of ether oxygens (including phenoxy) is 2. The van der Waals surface area contributed by atoms with Gasteiger partial charge in [0.1, 0.15) is 12.1 Å². The van der Waals surface area contributed by atoms with Gasteiger partial charge in [0.15, 0.2) is 17.3 Å². The Labute approximate surface area is 205 Å². The summed E-state index contributed by atoms with van der Waals surface area (Å²) in [4.78, 5) is 11.1. The van der Waals surface area contributed by atoms with E-state index in [1.165, 1.54) is 32.3 Å². The summed E-state index contributed by atoms with van der Waals surface area (Å²) in [7, 11) is 3.81. The Morgan fingerprint density at radius 3 is 2.67 bits per heavy atom. The van der Waals surface area contributed by atoms with Crippen LogP contribution in [0.5, 0.6) is 11.5 Å². The second-order valence-electron chi connectivity index (χ2n) is 8.98. The minimum absolute atomic E-state index is 0.00864. The number of nitrogens with zero attached hydrogens (tertiary/aromatic N) is 3. The molecule has 2 fully saturated rings. The molecule has 2 unspecified atom stereocenters. The van der Waals surface area contributed by atoms with Gasteiger partial charge in [0.05, 0.1) is 29.9 Å². The summed E-state index contributed by atoms with van der Waals surface area (Å²) < 4.78 is 26.9. The number of likely N-dealkylation sites (tertiary alicyclic amines) is 1. The zero-order valence-corrected chi connectivity index (χ0v) is 20.8. The average molecular weight is 536 g/mol. The highest BCUT2D eigenvalue weighted by Gasteiger charge is 2.39. The first-order valence-corrected chi connectivity index (χ1v) is 12.1. The Morgan fingerprint density at radius 2 is 1.94 bits per heavy atom. The summed E-state index contributed by atoms with van der Waals surface area (Å²) >= 11 is 9.26. The molecule has 0 spiro atoms. The van der Waals surface area contributed by atoms with Crippen LogP contribution in [0.2, 0.25) is 5.02 Å². The molecule has 2 heterocycles. The van der Waals surface area contributed by atoms with Crippen molar-refractivity contribution in [2.45, 2.75) is 12.8 Å². The number of hydrogen-bond donors (Lipinski definition) is 1. The molecule has 1 aliphatic carbocycles. The molecule has 1 saturated carbocycles. The normalized spacial score (nSPS) is 22.5. The summed E-state index contributed by atoms with van der Waals surface area (Å²) in [5.41, 5.74) is 0.900. The summed E-state index contributed by atoms with van der Waals surface area (Å²) in [5.74, 6) is 3.27. The maximum Gasteiger partial charge on any atom is 0.166 e. The largest absolute Gasteiger partial charge is 0.493 e. The van der Waals surface area contributed by atoms with E-state index in [0.29, 0.717) is 45.2 Å². The first-order chi connectivity index (χ1) is 15.9. The highest BCUT2D eigenvalue weighted by Crippen LogP contribution is 2.42. The molecule has 0 radical (unpaired) electrons. The third-order valence-corrected chi connectivity index (χ3v) is 7.97. The van der Waals surface area contributed by atoms with Crippen LogP contribution in [0, 0.1) is 23.6 Å². The van der Waals surface area contributed by atoms with Gasteiger partial charge in [-0.1, -0.05) is 11.6 Å². The van der Waals surface area contributed by atoms with Gasteiger partial charge in [-0.15, -0.1) is 0 Å². The molecule has 0 amide bonds. The number of aromatic nitrogens is 2. The van der Waals surface area contributed by atoms with Crippen molar-refractivity contribution >= 4 is 49.9 Å². The van der Waals surface area contributed by atoms with Gasteiger partial charge in [0, 0.05) is 29.0 Å². The van der Waals surface area contributed by atoms with Crippen molar-refractivity contribution in [1.29, 1.82) is 0 Å². The van der Waals surface area contributed by atoms with Crippen molar-refractivity contribution in [2.75, 3.05) is 39.2 Å². The third kappa shape index (κ3) is 4.48. The quantitative estimate of drug-likeness (QED) is 0.397. The number of fused-ring (bicyclic) bond motifs is 2. The Kier molecular flexibility index (Phi) is 6.33. The molecule has 33 heavy (non-hydrogen) atoms. The maximum absolute atomic E-state index is 14.6. The van der Waals surface area contributed by atoms with Crippen LogP contribution in [0.4, 0.5) is 15.9 Å². The molecule has 1 aromatic heterocycles. The van der Waals surface area contributed by atoms with Crippen LogP contribution >= 0.6 is 27.5 Å². The van der Waals surface area contributed by atoms with Crippen LogP contribution in [0.25, 0.3) is 10.9 Å².